The smallest absolute Gasteiger partial charge is 0.469 e. The number of likely N-dealkylation sites (tertiary alicyclic amines) is 1. The first-order chi connectivity index (χ1) is 33.2. The molecule has 386 valence electrons. The lowest BCUT2D eigenvalue weighted by atomic mass is 10.0. The van der Waals surface area contributed by atoms with E-state index >= 15 is 0 Å². The Labute approximate surface area is 414 Å². The largest absolute Gasteiger partial charge is 0.497 e. The Hall–Kier alpha value is -5.69. The highest BCUT2D eigenvalue weighted by atomic mass is 35.5. The van der Waals surface area contributed by atoms with Gasteiger partial charge in [-0.2, -0.15) is 0 Å². The lowest BCUT2D eigenvalue weighted by molar-refractivity contribution is -0.139. The van der Waals surface area contributed by atoms with Gasteiger partial charge in [0, 0.05) is 44.0 Å². The number of aryl methyl sites for hydroxylation is 1. The number of halogens is 1. The maximum Gasteiger partial charge on any atom is 0.469 e. The number of hydrogen-bond acceptors (Lipinski definition) is 16. The number of unbranched alkanes of at least 4 members (excludes halogenated alkanes) is 3. The first kappa shape index (κ1) is 56.9. The van der Waals surface area contributed by atoms with Crippen molar-refractivity contribution in [3.63, 3.8) is 0 Å². The number of imidazole rings is 1. The number of ether oxygens (including phenoxy) is 1. The molecule has 70 heavy (non-hydrogen) atoms. The summed E-state index contributed by atoms with van der Waals surface area (Å²) >= 11 is 7.61. The number of nitrogens with zero attached hydrogens (tertiary/aromatic N) is 5. The van der Waals surface area contributed by atoms with Gasteiger partial charge in [-0.05, 0) is 75.6 Å². The Balaban J connectivity index is 1.39. The summed E-state index contributed by atoms with van der Waals surface area (Å²) in [5.74, 6) is -4.29. The number of phosphoric acid groups is 1. The van der Waals surface area contributed by atoms with Crippen LogP contribution in [-0.2, 0) is 55.7 Å². The molecule has 1 saturated heterocycles. The number of oxime groups is 1. The van der Waals surface area contributed by atoms with Crippen molar-refractivity contribution in [1.82, 2.24) is 40.7 Å². The Morgan fingerprint density at radius 2 is 1.66 bits per heavy atom. The number of benzene rings is 1. The highest BCUT2D eigenvalue weighted by molar-refractivity contribution is 7.46. The second-order valence-electron chi connectivity index (χ2n) is 16.8. The molecule has 0 spiro atoms. The quantitative estimate of drug-likeness (QED) is 0.0207. The van der Waals surface area contributed by atoms with Crippen molar-refractivity contribution in [3.8, 4) is 5.75 Å². The number of carbonyl (C=O) groups is 6. The van der Waals surface area contributed by atoms with Crippen LogP contribution in [0.1, 0.15) is 83.2 Å². The van der Waals surface area contributed by atoms with Crippen molar-refractivity contribution in [2.24, 2.45) is 16.8 Å². The van der Waals surface area contributed by atoms with Crippen LogP contribution in [0.2, 0.25) is 5.15 Å². The van der Waals surface area contributed by atoms with Crippen molar-refractivity contribution >= 4 is 83.2 Å². The Bertz CT molecular complexity index is 2310. The maximum atomic E-state index is 14.1. The highest BCUT2D eigenvalue weighted by Crippen LogP contribution is 2.38. The van der Waals surface area contributed by atoms with Gasteiger partial charge in [0.25, 0.3) is 0 Å². The number of aliphatic hydroxyl groups excluding tert-OH is 1. The summed E-state index contributed by atoms with van der Waals surface area (Å²) in [6, 6.07) is 0.438. The number of primary amides is 1. The second kappa shape index (κ2) is 27.6. The van der Waals surface area contributed by atoms with E-state index in [2.05, 4.69) is 46.2 Å². The van der Waals surface area contributed by atoms with Gasteiger partial charge in [0.15, 0.2) is 10.3 Å². The normalized spacial score (nSPS) is 16.0. The van der Waals surface area contributed by atoms with E-state index in [4.69, 9.17) is 26.9 Å². The fraction of sp³-hybridized carbons (Fsp3) is 0.558. The molecule has 3 heterocycles. The monoisotopic (exact) mass is 1040 g/mol. The summed E-state index contributed by atoms with van der Waals surface area (Å²) < 4.78 is 22.9. The Kier molecular flexibility index (Phi) is 22.5. The number of hydrogen-bond donors (Lipinski definition) is 9. The number of rotatable bonds is 29. The lowest BCUT2D eigenvalue weighted by Gasteiger charge is -2.28. The summed E-state index contributed by atoms with van der Waals surface area (Å²) in [7, 11) is -3.54. The average molecular weight is 1040 g/mol. The van der Waals surface area contributed by atoms with E-state index in [1.807, 2.05) is 38.1 Å². The zero-order chi connectivity index (χ0) is 51.5. The van der Waals surface area contributed by atoms with Crippen molar-refractivity contribution in [2.75, 3.05) is 32.2 Å². The molecule has 2 aromatic heterocycles. The molecule has 1 fully saturated rings. The van der Waals surface area contributed by atoms with Gasteiger partial charge in [-0.3, -0.25) is 33.3 Å². The first-order valence-electron chi connectivity index (χ1n) is 22.5. The van der Waals surface area contributed by atoms with Crippen LogP contribution >= 0.6 is 30.8 Å². The Morgan fingerprint density at radius 3 is 2.30 bits per heavy atom. The number of phosphoric ester groups is 1. The van der Waals surface area contributed by atoms with Crippen LogP contribution in [0, 0.1) is 5.92 Å². The number of thiazole rings is 1. The molecular weight excluding hydrogens is 977 g/mol. The third-order valence-electron chi connectivity index (χ3n) is 10.9. The third kappa shape index (κ3) is 18.2. The van der Waals surface area contributed by atoms with E-state index in [0.717, 1.165) is 31.2 Å². The molecular formula is C43H63ClN11O13PS. The number of nitrogens with two attached hydrogens (primary N) is 1. The van der Waals surface area contributed by atoms with Gasteiger partial charge in [0.1, 0.15) is 42.6 Å². The minimum atomic E-state index is -5.13. The fourth-order valence-electron chi connectivity index (χ4n) is 7.40. The van der Waals surface area contributed by atoms with E-state index in [9.17, 15) is 48.2 Å². The van der Waals surface area contributed by atoms with Gasteiger partial charge in [0.2, 0.25) is 35.4 Å². The van der Waals surface area contributed by atoms with Crippen molar-refractivity contribution in [1.29, 1.82) is 0 Å². The van der Waals surface area contributed by atoms with Gasteiger partial charge >= 0.3 is 7.82 Å². The number of aliphatic hydroxyl groups is 1. The molecule has 1 aliphatic heterocycles. The van der Waals surface area contributed by atoms with E-state index < -0.39 is 80.3 Å². The van der Waals surface area contributed by atoms with Crippen LogP contribution in [0.15, 0.2) is 41.9 Å². The SMILES string of the molecule is COc1ccc(Nc2nc(Cl)c(/C=N/OCCCCCCn3cncc3C[C@H](NC(=O)[C@H](CC(C)C)NC(=O)[C@@H]3CCCN3C(C)=O)C(=O)N[C@@H](CO)C(=O)N[C@H](C(N)=O)[C@@H](C)OP(=O)(O)O)s2)cc1. The minimum Gasteiger partial charge on any atom is -0.497 e. The zero-order valence-electron chi connectivity index (χ0n) is 39.5. The summed E-state index contributed by atoms with van der Waals surface area (Å²) in [5, 5.41) is 28.2. The van der Waals surface area contributed by atoms with Crippen LogP contribution < -0.4 is 37.1 Å². The molecule has 6 atom stereocenters. The maximum absolute atomic E-state index is 14.1. The average Bonchev–Trinajstić information content (AvgIpc) is 4.06. The molecule has 1 aliphatic rings. The van der Waals surface area contributed by atoms with Crippen LogP contribution in [0.5, 0.6) is 5.75 Å². The molecule has 0 aliphatic carbocycles. The van der Waals surface area contributed by atoms with Crippen LogP contribution in [0.25, 0.3) is 0 Å². The molecule has 27 heteroatoms. The molecule has 3 aromatic rings. The number of amides is 6. The summed E-state index contributed by atoms with van der Waals surface area (Å²) in [6.45, 7) is 6.29. The Morgan fingerprint density at radius 1 is 0.986 bits per heavy atom. The van der Waals surface area contributed by atoms with Crippen molar-refractivity contribution < 1.29 is 62.3 Å². The van der Waals surface area contributed by atoms with Gasteiger partial charge in [-0.1, -0.05) is 48.4 Å². The predicted molar refractivity (Wildman–Crippen MR) is 258 cm³/mol. The lowest BCUT2D eigenvalue weighted by Crippen LogP contribution is -2.61. The highest BCUT2D eigenvalue weighted by Gasteiger charge is 2.37. The van der Waals surface area contributed by atoms with E-state index in [0.29, 0.717) is 61.1 Å². The topological polar surface area (TPSA) is 340 Å². The number of nitrogens with one attached hydrogen (secondary N) is 5. The third-order valence-corrected chi connectivity index (χ3v) is 12.8. The molecule has 10 N–H and O–H groups in total. The van der Waals surface area contributed by atoms with Crippen LogP contribution in [0.3, 0.4) is 0 Å². The molecule has 24 nitrogen and oxygen atoms in total. The molecule has 1 aromatic carbocycles. The molecule has 0 bridgehead atoms. The number of aromatic nitrogens is 3. The second-order valence-corrected chi connectivity index (χ2v) is 19.4. The van der Waals surface area contributed by atoms with Gasteiger partial charge in [0.05, 0.1) is 37.2 Å². The van der Waals surface area contributed by atoms with Gasteiger partial charge < -0.3 is 66.3 Å². The van der Waals surface area contributed by atoms with Gasteiger partial charge in [-0.25, -0.2) is 14.5 Å². The van der Waals surface area contributed by atoms with Crippen molar-refractivity contribution in [2.45, 2.75) is 122 Å². The molecule has 4 rings (SSSR count). The van der Waals surface area contributed by atoms with Crippen LogP contribution in [0.4, 0.5) is 10.8 Å². The fourth-order valence-corrected chi connectivity index (χ4v) is 8.99. The zero-order valence-corrected chi connectivity index (χ0v) is 42.0. The molecule has 0 radical (unpaired) electrons. The molecule has 0 unspecified atom stereocenters. The number of carbonyl (C=O) groups excluding carboxylic acids is 6. The molecule has 6 amide bonds. The van der Waals surface area contributed by atoms with E-state index in [1.165, 1.54) is 35.6 Å². The van der Waals surface area contributed by atoms with Crippen LogP contribution in [-0.4, -0.2) is 139 Å². The van der Waals surface area contributed by atoms with E-state index in [1.54, 1.807) is 18.0 Å². The standard InChI is InChI=1S/C43H63ClN11O13PS/c1-25(2)19-31(50-42(62)34-11-10-17-55(34)27(4)57)39(59)49-32(40(60)51-33(23-56)41(61)52-36(38(45)58)26(3)68-69(63,64)65)20-29-21-46-24-54(29)16-8-6-7-9-18-67-47-22-35-37(44)53-43(70-35)48-28-12-14-30(66-5)15-13-28/h12-15,21-22,24-26,31-34,36,56H,6-11,16-20,23H2,1-5H3,(H2,45,58)(H,48,53)(H,49,59)(H,50,62)(H,51,60)(H,52,61)(H2,63,64,65)/b47-22+/t26-,31+,32+,33+,34+,36+/m1/s1. The first-order valence-corrected chi connectivity index (χ1v) is 25.3. The predicted octanol–water partition coefficient (Wildman–Crippen LogP) is 1.87. The summed E-state index contributed by atoms with van der Waals surface area (Å²) in [4.78, 5) is 114. The number of methoxy groups -OCH3 is 1. The summed E-state index contributed by atoms with van der Waals surface area (Å²) in [6.07, 6.45) is 6.88. The van der Waals surface area contributed by atoms with Crippen molar-refractivity contribution in [3.05, 3.63) is 52.5 Å². The summed E-state index contributed by atoms with van der Waals surface area (Å²) in [5.41, 5.74) is 6.68. The number of anilines is 2. The molecule has 0 saturated carbocycles. The minimum absolute atomic E-state index is 0.111. The van der Waals surface area contributed by atoms with Gasteiger partial charge in [-0.15, -0.1) is 0 Å². The van der Waals surface area contributed by atoms with E-state index in [-0.39, 0.29) is 29.8 Å².